The van der Waals surface area contributed by atoms with E-state index in [9.17, 15) is 4.79 Å². The van der Waals surface area contributed by atoms with E-state index in [0.29, 0.717) is 19.3 Å². The van der Waals surface area contributed by atoms with Crippen molar-refractivity contribution in [3.63, 3.8) is 0 Å². The highest BCUT2D eigenvalue weighted by Crippen LogP contribution is 2.32. The third-order valence-electron chi connectivity index (χ3n) is 3.76. The molecule has 0 saturated carbocycles. The van der Waals surface area contributed by atoms with Gasteiger partial charge in [0.1, 0.15) is 6.10 Å². The Bertz CT molecular complexity index is 450. The Labute approximate surface area is 157 Å². The quantitative estimate of drug-likeness (QED) is 0.371. The Morgan fingerprint density at radius 2 is 2.17 bits per heavy atom. The maximum Gasteiger partial charge on any atom is 0.302 e. The zero-order chi connectivity index (χ0) is 17.4. The Hall–Kier alpha value is -0.210. The number of carbonyl (C=O) groups excluding carboxylic acids is 1. The third-order valence-corrected chi connectivity index (χ3v) is 5.92. The van der Waals surface area contributed by atoms with Crippen LogP contribution in [0.4, 0.5) is 0 Å². The first-order valence-corrected chi connectivity index (χ1v) is 9.53. The van der Waals surface area contributed by atoms with Gasteiger partial charge >= 0.3 is 5.97 Å². The van der Waals surface area contributed by atoms with Crippen molar-refractivity contribution in [1.29, 1.82) is 0 Å². The van der Waals surface area contributed by atoms with Gasteiger partial charge in [-0.25, -0.2) is 0 Å². The summed E-state index contributed by atoms with van der Waals surface area (Å²) in [5, 5.41) is -0.624. The molecule has 1 aliphatic rings. The Morgan fingerprint density at radius 1 is 1.48 bits per heavy atom. The van der Waals surface area contributed by atoms with Crippen molar-refractivity contribution in [2.45, 2.75) is 73.4 Å². The number of allylic oxidation sites excluding steroid dienone is 1. The fourth-order valence-electron chi connectivity index (χ4n) is 2.56. The van der Waals surface area contributed by atoms with E-state index < -0.39 is 6.10 Å². The summed E-state index contributed by atoms with van der Waals surface area (Å²) < 4.78 is 11.6. The lowest BCUT2D eigenvalue weighted by Gasteiger charge is -2.37. The Balaban J connectivity index is 2.92. The van der Waals surface area contributed by atoms with Crippen LogP contribution in [0.5, 0.6) is 0 Å². The number of hydrogen-bond donors (Lipinski definition) is 0. The summed E-state index contributed by atoms with van der Waals surface area (Å²) in [6.45, 7) is 3.45. The van der Waals surface area contributed by atoms with Crippen LogP contribution in [-0.4, -0.2) is 39.9 Å². The van der Waals surface area contributed by atoms with E-state index in [0.717, 1.165) is 6.42 Å². The average molecular weight is 426 g/mol. The molecule has 1 rings (SSSR count). The molecule has 0 bridgehead atoms. The molecular formula is C17H23BrCl2O3. The summed E-state index contributed by atoms with van der Waals surface area (Å²) in [5.74, 6) is 2.12. The predicted octanol–water partition coefficient (Wildman–Crippen LogP) is 4.43. The molecule has 1 fully saturated rings. The van der Waals surface area contributed by atoms with E-state index in [1.807, 2.05) is 6.08 Å². The van der Waals surface area contributed by atoms with E-state index in [1.54, 1.807) is 6.08 Å². The molecule has 1 saturated heterocycles. The second-order valence-corrected chi connectivity index (χ2v) is 7.89. The van der Waals surface area contributed by atoms with E-state index in [1.165, 1.54) is 6.92 Å². The Morgan fingerprint density at radius 3 is 2.74 bits per heavy atom. The minimum Gasteiger partial charge on any atom is -0.461 e. The molecule has 1 aliphatic heterocycles. The van der Waals surface area contributed by atoms with Crippen molar-refractivity contribution in [3.8, 4) is 12.3 Å². The molecule has 1 heterocycles. The fraction of sp³-hybridized carbons (Fsp3) is 0.706. The smallest absolute Gasteiger partial charge is 0.302 e. The molecule has 0 aromatic carbocycles. The minimum atomic E-state index is -0.408. The molecule has 0 aliphatic carbocycles. The zero-order valence-corrected chi connectivity index (χ0v) is 16.5. The average Bonchev–Trinajstić information content (AvgIpc) is 2.49. The van der Waals surface area contributed by atoms with Crippen molar-refractivity contribution in [3.05, 3.63) is 12.2 Å². The normalized spacial score (nSPS) is 33.5. The van der Waals surface area contributed by atoms with E-state index in [-0.39, 0.29) is 33.8 Å². The summed E-state index contributed by atoms with van der Waals surface area (Å²) in [6, 6.07) is 0. The van der Waals surface area contributed by atoms with Gasteiger partial charge in [-0.2, -0.15) is 0 Å². The zero-order valence-electron chi connectivity index (χ0n) is 13.4. The van der Waals surface area contributed by atoms with Crippen LogP contribution in [0.3, 0.4) is 0 Å². The summed E-state index contributed by atoms with van der Waals surface area (Å²) in [5.41, 5.74) is 0. The monoisotopic (exact) mass is 424 g/mol. The van der Waals surface area contributed by atoms with Gasteiger partial charge in [0.2, 0.25) is 0 Å². The van der Waals surface area contributed by atoms with Crippen molar-refractivity contribution < 1.29 is 14.3 Å². The molecule has 3 nitrogen and oxygen atoms in total. The summed E-state index contributed by atoms with van der Waals surface area (Å²) in [4.78, 5) is 11.5. The number of rotatable bonds is 5. The van der Waals surface area contributed by atoms with Crippen molar-refractivity contribution >= 4 is 45.1 Å². The van der Waals surface area contributed by atoms with Gasteiger partial charge in [-0.05, 0) is 25.3 Å². The van der Waals surface area contributed by atoms with Gasteiger partial charge in [-0.1, -0.05) is 34.9 Å². The molecule has 6 atom stereocenters. The molecule has 0 N–H and O–H groups in total. The van der Waals surface area contributed by atoms with Gasteiger partial charge in [0.25, 0.3) is 0 Å². The molecule has 0 radical (unpaired) electrons. The third kappa shape index (κ3) is 7.05. The highest BCUT2D eigenvalue weighted by molar-refractivity contribution is 9.09. The number of carbonyl (C=O) groups is 1. The lowest BCUT2D eigenvalue weighted by molar-refractivity contribution is -0.150. The number of hydrogen-bond acceptors (Lipinski definition) is 3. The molecule has 130 valence electrons. The van der Waals surface area contributed by atoms with Crippen LogP contribution in [-0.2, 0) is 14.3 Å². The lowest BCUT2D eigenvalue weighted by atomic mass is 9.96. The Kier molecular flexibility index (Phi) is 9.61. The second kappa shape index (κ2) is 10.6. The first-order valence-electron chi connectivity index (χ1n) is 7.75. The van der Waals surface area contributed by atoms with Crippen molar-refractivity contribution in [2.75, 3.05) is 0 Å². The number of alkyl halides is 3. The molecule has 0 aromatic heterocycles. The van der Waals surface area contributed by atoms with Crippen LogP contribution >= 0.6 is 39.1 Å². The highest BCUT2D eigenvalue weighted by Gasteiger charge is 2.37. The predicted molar refractivity (Wildman–Crippen MR) is 98.3 cm³/mol. The first-order chi connectivity index (χ1) is 10.9. The van der Waals surface area contributed by atoms with Crippen molar-refractivity contribution in [2.24, 2.45) is 0 Å². The van der Waals surface area contributed by atoms with Crippen LogP contribution in [0, 0.1) is 12.3 Å². The van der Waals surface area contributed by atoms with E-state index >= 15 is 0 Å². The van der Waals surface area contributed by atoms with Gasteiger partial charge in [-0.3, -0.25) is 4.79 Å². The van der Waals surface area contributed by atoms with Gasteiger partial charge in [-0.15, -0.1) is 29.6 Å². The molecule has 0 amide bonds. The maximum absolute atomic E-state index is 11.3. The van der Waals surface area contributed by atoms with Crippen molar-refractivity contribution in [1.82, 2.24) is 0 Å². The van der Waals surface area contributed by atoms with Gasteiger partial charge in [0.05, 0.1) is 23.0 Å². The molecule has 0 unspecified atom stereocenters. The molecule has 0 spiro atoms. The molecule has 6 heteroatoms. The molecular weight excluding hydrogens is 403 g/mol. The van der Waals surface area contributed by atoms with Gasteiger partial charge < -0.3 is 9.47 Å². The number of esters is 1. The number of halogens is 3. The van der Waals surface area contributed by atoms with E-state index in [2.05, 4.69) is 28.8 Å². The van der Waals surface area contributed by atoms with Crippen LogP contribution in [0.15, 0.2) is 12.2 Å². The highest BCUT2D eigenvalue weighted by atomic mass is 79.9. The summed E-state index contributed by atoms with van der Waals surface area (Å²) in [6.07, 6.45) is 10.6. The largest absolute Gasteiger partial charge is 0.461 e. The van der Waals surface area contributed by atoms with Gasteiger partial charge in [0.15, 0.2) is 0 Å². The molecule has 23 heavy (non-hydrogen) atoms. The number of terminal acetylenes is 1. The minimum absolute atomic E-state index is 0.130. The maximum atomic E-state index is 11.3. The van der Waals surface area contributed by atoms with Crippen LogP contribution in [0.1, 0.15) is 39.5 Å². The van der Waals surface area contributed by atoms with Crippen LogP contribution in [0.2, 0.25) is 0 Å². The summed E-state index contributed by atoms with van der Waals surface area (Å²) >= 11 is 16.6. The molecule has 0 aromatic rings. The summed E-state index contributed by atoms with van der Waals surface area (Å²) in [7, 11) is 0. The van der Waals surface area contributed by atoms with Crippen LogP contribution < -0.4 is 0 Å². The fourth-order valence-corrected chi connectivity index (χ4v) is 3.70. The first kappa shape index (κ1) is 20.8. The lowest BCUT2D eigenvalue weighted by Crippen LogP contribution is -2.44. The second-order valence-electron chi connectivity index (χ2n) is 5.59. The van der Waals surface area contributed by atoms with E-state index in [4.69, 9.17) is 39.1 Å². The standard InChI is InChI=1S/C17H23BrCl2O3/c1-4-6-7-8-15-13(19)9-14(20)17(22-11(3)21)10-16(23-15)12(18)5-2/h1,6-7,12-17H,5,8-10H2,2-3H3/b7-6+/t12-,13-,14-,15-,16+,17-/m0/s1. The topological polar surface area (TPSA) is 35.5 Å². The number of ether oxygens (including phenoxy) is 2. The van der Waals surface area contributed by atoms with Gasteiger partial charge in [0, 0.05) is 18.2 Å². The van der Waals surface area contributed by atoms with Crippen LogP contribution in [0.25, 0.3) is 0 Å². The SMILES string of the molecule is C#C/C=C/C[C@@H]1O[C@@H]([C@@H](Br)CC)C[C@H](OC(C)=O)[C@@H](Cl)C[C@@H]1Cl.